The number of ether oxygens (including phenoxy) is 1. The fourth-order valence-corrected chi connectivity index (χ4v) is 3.60. The summed E-state index contributed by atoms with van der Waals surface area (Å²) in [7, 11) is 4.03. The number of amides is 2. The van der Waals surface area contributed by atoms with Gasteiger partial charge in [0.1, 0.15) is 23.9 Å². The highest BCUT2D eigenvalue weighted by Crippen LogP contribution is 2.18. The number of benzene rings is 2. The molecule has 0 radical (unpaired) electrons. The van der Waals surface area contributed by atoms with E-state index in [9.17, 15) is 4.79 Å². The van der Waals surface area contributed by atoms with E-state index < -0.39 is 0 Å². The summed E-state index contributed by atoms with van der Waals surface area (Å²) in [4.78, 5) is 14.1. The normalized spacial score (nSPS) is 10.8. The van der Waals surface area contributed by atoms with Crippen molar-refractivity contribution in [1.29, 1.82) is 0 Å². The van der Waals surface area contributed by atoms with Gasteiger partial charge in [0.25, 0.3) is 0 Å². The number of carbonyl (C=O) groups excluding carboxylic acids is 1. The second kappa shape index (κ2) is 12.1. The third-order valence-corrected chi connectivity index (χ3v) is 5.31. The molecule has 0 unspecified atom stereocenters. The Morgan fingerprint density at radius 3 is 2.48 bits per heavy atom. The molecule has 0 aliphatic heterocycles. The van der Waals surface area contributed by atoms with E-state index in [1.165, 1.54) is 0 Å². The lowest BCUT2D eigenvalue weighted by atomic mass is 10.2. The lowest BCUT2D eigenvalue weighted by molar-refractivity contribution is 0.252. The highest BCUT2D eigenvalue weighted by Gasteiger charge is 2.05. The van der Waals surface area contributed by atoms with Crippen molar-refractivity contribution >= 4 is 23.5 Å². The van der Waals surface area contributed by atoms with Gasteiger partial charge in [0, 0.05) is 18.0 Å². The van der Waals surface area contributed by atoms with E-state index >= 15 is 0 Å². The van der Waals surface area contributed by atoms with Gasteiger partial charge in [-0.1, -0.05) is 30.3 Å². The van der Waals surface area contributed by atoms with E-state index in [1.807, 2.05) is 80.8 Å². The minimum Gasteiger partial charge on any atom is -0.489 e. The molecule has 31 heavy (non-hydrogen) atoms. The van der Waals surface area contributed by atoms with Gasteiger partial charge in [0.05, 0.1) is 12.3 Å². The van der Waals surface area contributed by atoms with Crippen molar-refractivity contribution in [2.45, 2.75) is 18.9 Å². The quantitative estimate of drug-likeness (QED) is 0.413. The third kappa shape index (κ3) is 8.39. The molecular weight excluding hydrogens is 410 g/mol. The minimum absolute atomic E-state index is 0.218. The molecule has 0 aliphatic carbocycles. The molecule has 6 nitrogen and oxygen atoms in total. The summed E-state index contributed by atoms with van der Waals surface area (Å²) in [5, 5.41) is 5.71. The van der Waals surface area contributed by atoms with Gasteiger partial charge in [-0.25, -0.2) is 4.79 Å². The summed E-state index contributed by atoms with van der Waals surface area (Å²) in [5.74, 6) is 4.29. The van der Waals surface area contributed by atoms with Crippen LogP contribution in [0.5, 0.6) is 5.75 Å². The van der Waals surface area contributed by atoms with E-state index in [0.717, 1.165) is 46.6 Å². The van der Waals surface area contributed by atoms with Gasteiger partial charge in [-0.05, 0) is 56.1 Å². The van der Waals surface area contributed by atoms with Crippen molar-refractivity contribution in [2.75, 3.05) is 31.7 Å². The Morgan fingerprint density at radius 1 is 1.00 bits per heavy atom. The van der Waals surface area contributed by atoms with Crippen LogP contribution in [0.3, 0.4) is 0 Å². The SMILES string of the molecule is CN(C)Cc1ccc(CSCCNC(=O)Nc2ccc(OCc3ccccc3)cc2)o1. The zero-order valence-corrected chi connectivity index (χ0v) is 18.8. The lowest BCUT2D eigenvalue weighted by Crippen LogP contribution is -2.30. The number of carbonyl (C=O) groups is 1. The van der Waals surface area contributed by atoms with Crippen LogP contribution in [0.15, 0.2) is 71.1 Å². The Balaban J connectivity index is 1.30. The van der Waals surface area contributed by atoms with E-state index in [-0.39, 0.29) is 6.03 Å². The van der Waals surface area contributed by atoms with Gasteiger partial charge >= 0.3 is 6.03 Å². The molecule has 2 amide bonds. The van der Waals surface area contributed by atoms with Crippen LogP contribution in [0.4, 0.5) is 10.5 Å². The molecule has 2 N–H and O–H groups in total. The first-order valence-corrected chi connectivity index (χ1v) is 11.4. The topological polar surface area (TPSA) is 66.7 Å². The van der Waals surface area contributed by atoms with Gasteiger partial charge in [-0.15, -0.1) is 0 Å². The summed E-state index contributed by atoms with van der Waals surface area (Å²) < 4.78 is 11.5. The van der Waals surface area contributed by atoms with Crippen molar-refractivity contribution < 1.29 is 13.9 Å². The largest absolute Gasteiger partial charge is 0.489 e. The lowest BCUT2D eigenvalue weighted by Gasteiger charge is -2.09. The first-order valence-electron chi connectivity index (χ1n) is 10.2. The number of anilines is 1. The number of rotatable bonds is 11. The number of thioether (sulfide) groups is 1. The maximum atomic E-state index is 12.1. The zero-order chi connectivity index (χ0) is 21.9. The molecule has 0 spiro atoms. The second-order valence-electron chi connectivity index (χ2n) is 7.34. The van der Waals surface area contributed by atoms with Crippen LogP contribution in [-0.4, -0.2) is 37.3 Å². The smallest absolute Gasteiger partial charge is 0.319 e. The number of nitrogens with zero attached hydrogens (tertiary/aromatic N) is 1. The summed E-state index contributed by atoms with van der Waals surface area (Å²) >= 11 is 1.73. The molecule has 0 saturated carbocycles. The highest BCUT2D eigenvalue weighted by atomic mass is 32.2. The monoisotopic (exact) mass is 439 g/mol. The predicted octanol–water partition coefficient (Wildman–Crippen LogP) is 4.98. The second-order valence-corrected chi connectivity index (χ2v) is 8.44. The van der Waals surface area contributed by atoms with Gasteiger partial charge in [0.2, 0.25) is 0 Å². The molecule has 0 saturated heterocycles. The Morgan fingerprint density at radius 2 is 1.74 bits per heavy atom. The van der Waals surface area contributed by atoms with Crippen molar-refractivity contribution in [1.82, 2.24) is 10.2 Å². The fourth-order valence-electron chi connectivity index (χ4n) is 2.86. The van der Waals surface area contributed by atoms with Crippen LogP contribution in [-0.2, 0) is 18.9 Å². The highest BCUT2D eigenvalue weighted by molar-refractivity contribution is 7.98. The number of urea groups is 1. The third-order valence-electron chi connectivity index (χ3n) is 4.33. The summed E-state index contributed by atoms with van der Waals surface area (Å²) in [6.07, 6.45) is 0. The van der Waals surface area contributed by atoms with Crippen molar-refractivity contribution in [3.05, 3.63) is 83.8 Å². The molecule has 3 aromatic rings. The van der Waals surface area contributed by atoms with E-state index in [1.54, 1.807) is 11.8 Å². The van der Waals surface area contributed by atoms with Crippen molar-refractivity contribution in [3.8, 4) is 5.75 Å². The van der Waals surface area contributed by atoms with Crippen LogP contribution >= 0.6 is 11.8 Å². The van der Waals surface area contributed by atoms with Crippen LogP contribution in [0.25, 0.3) is 0 Å². The first-order chi connectivity index (χ1) is 15.1. The molecule has 1 heterocycles. The van der Waals surface area contributed by atoms with Crippen LogP contribution < -0.4 is 15.4 Å². The molecule has 164 valence electrons. The number of hydrogen-bond donors (Lipinski definition) is 2. The van der Waals surface area contributed by atoms with Crippen LogP contribution in [0.1, 0.15) is 17.1 Å². The number of nitrogens with one attached hydrogen (secondary N) is 2. The zero-order valence-electron chi connectivity index (χ0n) is 18.0. The Bertz CT molecular complexity index is 927. The first kappa shape index (κ1) is 22.8. The maximum absolute atomic E-state index is 12.1. The number of hydrogen-bond acceptors (Lipinski definition) is 5. The van der Waals surface area contributed by atoms with Gasteiger partial charge in [-0.3, -0.25) is 0 Å². The Labute approximate surface area is 188 Å². The molecular formula is C24H29N3O3S. The average molecular weight is 440 g/mol. The van der Waals surface area contributed by atoms with Gasteiger partial charge in [-0.2, -0.15) is 11.8 Å². The molecule has 0 bridgehead atoms. The summed E-state index contributed by atoms with van der Waals surface area (Å²) in [5.41, 5.74) is 1.84. The maximum Gasteiger partial charge on any atom is 0.319 e. The van der Waals surface area contributed by atoms with Gasteiger partial charge in [0.15, 0.2) is 0 Å². The summed E-state index contributed by atoms with van der Waals surface area (Å²) in [6, 6.07) is 21.2. The standard InChI is InChI=1S/C24H29N3O3S/c1-27(2)16-22-12-13-23(30-22)18-31-15-14-25-24(28)26-20-8-10-21(11-9-20)29-17-19-6-4-3-5-7-19/h3-13H,14-18H2,1-2H3,(H2,25,26,28). The Hall–Kier alpha value is -2.90. The summed E-state index contributed by atoms with van der Waals surface area (Å²) in [6.45, 7) is 1.90. The van der Waals surface area contributed by atoms with E-state index in [0.29, 0.717) is 13.2 Å². The molecule has 7 heteroatoms. The molecule has 1 aromatic heterocycles. The van der Waals surface area contributed by atoms with E-state index in [2.05, 4.69) is 15.5 Å². The fraction of sp³-hybridized carbons (Fsp3) is 0.292. The van der Waals surface area contributed by atoms with Gasteiger partial charge < -0.3 is 24.7 Å². The molecule has 3 rings (SSSR count). The predicted molar refractivity (Wildman–Crippen MR) is 126 cm³/mol. The van der Waals surface area contributed by atoms with Crippen LogP contribution in [0.2, 0.25) is 0 Å². The molecule has 2 aromatic carbocycles. The molecule has 0 atom stereocenters. The molecule has 0 fully saturated rings. The molecule has 0 aliphatic rings. The van der Waals surface area contributed by atoms with Crippen LogP contribution in [0, 0.1) is 0 Å². The average Bonchev–Trinajstić information content (AvgIpc) is 3.20. The minimum atomic E-state index is -0.218. The van der Waals surface area contributed by atoms with Crippen molar-refractivity contribution in [3.63, 3.8) is 0 Å². The number of furan rings is 1. The Kier molecular flexibility index (Phi) is 8.87. The van der Waals surface area contributed by atoms with Crippen molar-refractivity contribution in [2.24, 2.45) is 0 Å². The van der Waals surface area contributed by atoms with E-state index in [4.69, 9.17) is 9.15 Å².